The van der Waals surface area contributed by atoms with Gasteiger partial charge in [0, 0.05) is 25.5 Å². The van der Waals surface area contributed by atoms with Crippen LogP contribution in [0.1, 0.15) is 32.1 Å². The molecule has 0 spiro atoms. The fourth-order valence-corrected chi connectivity index (χ4v) is 3.74. The first kappa shape index (κ1) is 18.8. The van der Waals surface area contributed by atoms with Crippen LogP contribution in [-0.2, 0) is 23.9 Å². The van der Waals surface area contributed by atoms with Crippen LogP contribution in [0.15, 0.2) is 12.2 Å². The van der Waals surface area contributed by atoms with E-state index in [-0.39, 0.29) is 31.4 Å². The normalized spacial score (nSPS) is 36.8. The fraction of sp³-hybridized carbons (Fsp3) is 0.722. The van der Waals surface area contributed by atoms with Gasteiger partial charge in [0.15, 0.2) is 0 Å². The van der Waals surface area contributed by atoms with Crippen LogP contribution < -0.4 is 5.32 Å². The predicted octanol–water partition coefficient (Wildman–Crippen LogP) is -0.247. The summed E-state index contributed by atoms with van der Waals surface area (Å²) in [5, 5.41) is 12.7. The van der Waals surface area contributed by atoms with Crippen molar-refractivity contribution < 1.29 is 29.0 Å². The molecule has 8 heteroatoms. The van der Waals surface area contributed by atoms with E-state index in [1.165, 1.54) is 12.0 Å². The molecule has 2 aliphatic heterocycles. The summed E-state index contributed by atoms with van der Waals surface area (Å²) in [5.74, 6) is -1.36. The molecule has 0 unspecified atom stereocenters. The molecule has 8 nitrogen and oxygen atoms in total. The number of ether oxygens (including phenoxy) is 2. The van der Waals surface area contributed by atoms with Gasteiger partial charge >= 0.3 is 5.97 Å². The third-order valence-corrected chi connectivity index (χ3v) is 5.32. The number of allylic oxidation sites excluding steroid dienone is 1. The minimum absolute atomic E-state index is 0.0921. The highest BCUT2D eigenvalue weighted by molar-refractivity contribution is 5.95. The van der Waals surface area contributed by atoms with Crippen molar-refractivity contribution >= 4 is 17.8 Å². The first-order valence-electron chi connectivity index (χ1n) is 9.10. The van der Waals surface area contributed by atoms with Crippen molar-refractivity contribution in [2.75, 3.05) is 26.9 Å². The average molecular weight is 366 g/mol. The van der Waals surface area contributed by atoms with E-state index in [0.29, 0.717) is 13.0 Å². The number of hydrogen-bond acceptors (Lipinski definition) is 6. The molecule has 0 radical (unpaired) electrons. The second kappa shape index (κ2) is 7.75. The molecule has 1 aliphatic carbocycles. The van der Waals surface area contributed by atoms with Crippen molar-refractivity contribution in [3.8, 4) is 0 Å². The predicted molar refractivity (Wildman–Crippen MR) is 90.9 cm³/mol. The Bertz CT molecular complexity index is 606. The van der Waals surface area contributed by atoms with Gasteiger partial charge in [-0.15, -0.1) is 0 Å². The number of nitrogens with one attached hydrogen (secondary N) is 1. The number of esters is 1. The molecule has 0 aromatic rings. The molecule has 3 aliphatic rings. The van der Waals surface area contributed by atoms with Gasteiger partial charge in [0.05, 0.1) is 13.2 Å². The number of rotatable bonds is 1. The van der Waals surface area contributed by atoms with Crippen molar-refractivity contribution in [1.82, 2.24) is 10.2 Å². The SMILES string of the molecule is COC(=O)[C@@]12C[C@H]1/C=C\CCCCOCC(=O)N1C[C@@H](O)C[C@H]1C(=O)N2. The summed E-state index contributed by atoms with van der Waals surface area (Å²) in [6, 6.07) is -0.807. The van der Waals surface area contributed by atoms with Gasteiger partial charge in [-0.3, -0.25) is 9.59 Å². The molecule has 0 aromatic heterocycles. The number of amides is 2. The molecule has 4 atom stereocenters. The maximum Gasteiger partial charge on any atom is 0.332 e. The van der Waals surface area contributed by atoms with Crippen LogP contribution in [0.3, 0.4) is 0 Å². The van der Waals surface area contributed by atoms with Crippen LogP contribution in [-0.4, -0.2) is 72.3 Å². The van der Waals surface area contributed by atoms with E-state index in [1.54, 1.807) is 0 Å². The molecule has 144 valence electrons. The Hall–Kier alpha value is -1.93. The number of methoxy groups -OCH3 is 1. The summed E-state index contributed by atoms with van der Waals surface area (Å²) in [6.45, 7) is 0.453. The van der Waals surface area contributed by atoms with Crippen LogP contribution in [0, 0.1) is 5.92 Å². The molecular weight excluding hydrogens is 340 g/mol. The molecule has 2 amide bonds. The lowest BCUT2D eigenvalue weighted by Crippen LogP contribution is -2.53. The second-order valence-electron chi connectivity index (χ2n) is 7.19. The Balaban J connectivity index is 1.81. The summed E-state index contributed by atoms with van der Waals surface area (Å²) in [4.78, 5) is 38.8. The first-order valence-corrected chi connectivity index (χ1v) is 9.10. The zero-order valence-corrected chi connectivity index (χ0v) is 15.0. The van der Waals surface area contributed by atoms with Crippen molar-refractivity contribution in [2.24, 2.45) is 5.92 Å². The van der Waals surface area contributed by atoms with Gasteiger partial charge in [0.2, 0.25) is 11.8 Å². The highest BCUT2D eigenvalue weighted by Crippen LogP contribution is 2.46. The topological polar surface area (TPSA) is 105 Å². The monoisotopic (exact) mass is 366 g/mol. The Morgan fingerprint density at radius 3 is 3.00 bits per heavy atom. The lowest BCUT2D eigenvalue weighted by Gasteiger charge is -2.26. The number of fused-ring (bicyclic) bond motifs is 2. The van der Waals surface area contributed by atoms with Gasteiger partial charge in [-0.2, -0.15) is 0 Å². The Morgan fingerprint density at radius 1 is 1.42 bits per heavy atom. The summed E-state index contributed by atoms with van der Waals surface area (Å²) in [7, 11) is 1.30. The standard InChI is InChI=1S/C18H26N2O6/c1-25-17(24)18-9-12(18)6-4-2-3-5-7-26-11-15(22)20-10-13(21)8-14(20)16(23)19-18/h4,6,12-14,21H,2-3,5,7-11H2,1H3,(H,19,23)/b6-4-/t12-,13+,14+,18-/m1/s1. The van der Waals surface area contributed by atoms with E-state index in [9.17, 15) is 19.5 Å². The minimum atomic E-state index is -1.07. The molecule has 2 heterocycles. The summed E-state index contributed by atoms with van der Waals surface area (Å²) in [6.07, 6.45) is 6.41. The van der Waals surface area contributed by atoms with E-state index < -0.39 is 29.6 Å². The second-order valence-corrected chi connectivity index (χ2v) is 7.19. The lowest BCUT2D eigenvalue weighted by atomic mass is 10.1. The molecule has 0 aromatic carbocycles. The van der Waals surface area contributed by atoms with Crippen LogP contribution in [0.2, 0.25) is 0 Å². The molecule has 26 heavy (non-hydrogen) atoms. The van der Waals surface area contributed by atoms with Crippen LogP contribution in [0.4, 0.5) is 0 Å². The molecule has 1 saturated heterocycles. The van der Waals surface area contributed by atoms with Crippen LogP contribution >= 0.6 is 0 Å². The number of nitrogens with zero attached hydrogens (tertiary/aromatic N) is 1. The summed E-state index contributed by atoms with van der Waals surface area (Å²) >= 11 is 0. The molecule has 1 saturated carbocycles. The van der Waals surface area contributed by atoms with E-state index in [1.807, 2.05) is 12.2 Å². The van der Waals surface area contributed by atoms with Crippen LogP contribution in [0.5, 0.6) is 0 Å². The minimum Gasteiger partial charge on any atom is -0.467 e. The Morgan fingerprint density at radius 2 is 2.23 bits per heavy atom. The van der Waals surface area contributed by atoms with Crippen molar-refractivity contribution in [2.45, 2.75) is 49.8 Å². The van der Waals surface area contributed by atoms with Crippen LogP contribution in [0.25, 0.3) is 0 Å². The van der Waals surface area contributed by atoms with Gasteiger partial charge in [0.25, 0.3) is 0 Å². The van der Waals surface area contributed by atoms with E-state index in [4.69, 9.17) is 9.47 Å². The molecule has 0 bridgehead atoms. The van der Waals surface area contributed by atoms with Crippen molar-refractivity contribution in [1.29, 1.82) is 0 Å². The quantitative estimate of drug-likeness (QED) is 0.490. The zero-order valence-electron chi connectivity index (χ0n) is 15.0. The Kier molecular flexibility index (Phi) is 5.62. The average Bonchev–Trinajstić information content (AvgIpc) is 3.16. The number of carbonyl (C=O) groups excluding carboxylic acids is 3. The first-order chi connectivity index (χ1) is 12.5. The van der Waals surface area contributed by atoms with E-state index in [2.05, 4.69) is 5.32 Å². The smallest absolute Gasteiger partial charge is 0.332 e. The number of aliphatic hydroxyl groups excluding tert-OH is 1. The highest BCUT2D eigenvalue weighted by atomic mass is 16.5. The number of carbonyl (C=O) groups is 3. The number of hydrogen-bond donors (Lipinski definition) is 2. The number of aliphatic hydroxyl groups is 1. The largest absolute Gasteiger partial charge is 0.467 e. The highest BCUT2D eigenvalue weighted by Gasteiger charge is 2.61. The van der Waals surface area contributed by atoms with Gasteiger partial charge in [-0.05, 0) is 25.7 Å². The molecule has 2 fully saturated rings. The van der Waals surface area contributed by atoms with E-state index in [0.717, 1.165) is 19.3 Å². The van der Waals surface area contributed by atoms with Crippen molar-refractivity contribution in [3.05, 3.63) is 12.2 Å². The van der Waals surface area contributed by atoms with Gasteiger partial charge in [-0.1, -0.05) is 12.2 Å². The maximum absolute atomic E-state index is 12.8. The van der Waals surface area contributed by atoms with Gasteiger partial charge in [0.1, 0.15) is 18.2 Å². The third-order valence-electron chi connectivity index (χ3n) is 5.32. The van der Waals surface area contributed by atoms with Gasteiger partial charge < -0.3 is 24.8 Å². The van der Waals surface area contributed by atoms with E-state index >= 15 is 0 Å². The summed E-state index contributed by atoms with van der Waals surface area (Å²) in [5.41, 5.74) is -1.07. The molecule has 2 N–H and O–H groups in total. The van der Waals surface area contributed by atoms with Crippen molar-refractivity contribution in [3.63, 3.8) is 0 Å². The molecule has 3 rings (SSSR count). The Labute approximate surface area is 152 Å². The summed E-state index contributed by atoms with van der Waals surface area (Å²) < 4.78 is 10.3. The lowest BCUT2D eigenvalue weighted by molar-refractivity contribution is -0.148. The fourth-order valence-electron chi connectivity index (χ4n) is 3.74. The molecular formula is C18H26N2O6. The third kappa shape index (κ3) is 3.76. The van der Waals surface area contributed by atoms with Gasteiger partial charge in [-0.25, -0.2) is 4.79 Å². The maximum atomic E-state index is 12.8. The zero-order chi connectivity index (χ0) is 18.7.